The predicted octanol–water partition coefficient (Wildman–Crippen LogP) is 2.91. The Hall–Kier alpha value is -2.20. The lowest BCUT2D eigenvalue weighted by molar-refractivity contribution is 0.127. The second-order valence-corrected chi connectivity index (χ2v) is 5.01. The SMILES string of the molecule is COc1ccc(C(O)C2COc3ccccc32)c(OC)c1. The molecule has 3 rings (SSSR count). The second kappa shape index (κ2) is 5.66. The second-order valence-electron chi connectivity index (χ2n) is 5.01. The van der Waals surface area contributed by atoms with E-state index in [2.05, 4.69) is 0 Å². The molecule has 1 heterocycles. The van der Waals surface area contributed by atoms with Gasteiger partial charge in [-0.3, -0.25) is 0 Å². The summed E-state index contributed by atoms with van der Waals surface area (Å²) in [5.74, 6) is 2.06. The Morgan fingerprint density at radius 3 is 2.71 bits per heavy atom. The molecule has 1 aliphatic rings. The van der Waals surface area contributed by atoms with Crippen molar-refractivity contribution in [1.82, 2.24) is 0 Å². The molecule has 1 N–H and O–H groups in total. The maximum atomic E-state index is 10.7. The van der Waals surface area contributed by atoms with E-state index in [1.165, 1.54) is 0 Å². The van der Waals surface area contributed by atoms with Gasteiger partial charge in [-0.1, -0.05) is 18.2 Å². The molecule has 0 amide bonds. The number of methoxy groups -OCH3 is 2. The first-order valence-corrected chi connectivity index (χ1v) is 6.86. The summed E-state index contributed by atoms with van der Waals surface area (Å²) in [6, 6.07) is 13.2. The van der Waals surface area contributed by atoms with Gasteiger partial charge in [-0.05, 0) is 18.2 Å². The van der Waals surface area contributed by atoms with Gasteiger partial charge >= 0.3 is 0 Å². The van der Waals surface area contributed by atoms with Gasteiger partial charge < -0.3 is 19.3 Å². The van der Waals surface area contributed by atoms with Crippen molar-refractivity contribution in [1.29, 1.82) is 0 Å². The molecule has 0 saturated carbocycles. The third kappa shape index (κ3) is 2.43. The van der Waals surface area contributed by atoms with Crippen LogP contribution in [0.3, 0.4) is 0 Å². The first kappa shape index (κ1) is 13.8. The lowest BCUT2D eigenvalue weighted by Crippen LogP contribution is -2.13. The van der Waals surface area contributed by atoms with Crippen molar-refractivity contribution in [3.8, 4) is 17.2 Å². The third-order valence-electron chi connectivity index (χ3n) is 3.88. The first-order chi connectivity index (χ1) is 10.2. The Morgan fingerprint density at radius 2 is 1.95 bits per heavy atom. The maximum absolute atomic E-state index is 10.7. The van der Waals surface area contributed by atoms with E-state index in [9.17, 15) is 5.11 Å². The van der Waals surface area contributed by atoms with Crippen LogP contribution in [0.4, 0.5) is 0 Å². The first-order valence-electron chi connectivity index (χ1n) is 6.86. The minimum absolute atomic E-state index is 0.0940. The fourth-order valence-corrected chi connectivity index (χ4v) is 2.73. The van der Waals surface area contributed by atoms with E-state index in [-0.39, 0.29) is 5.92 Å². The highest BCUT2D eigenvalue weighted by Gasteiger charge is 2.32. The van der Waals surface area contributed by atoms with Gasteiger partial charge in [-0.15, -0.1) is 0 Å². The lowest BCUT2D eigenvalue weighted by Gasteiger charge is -2.20. The molecule has 21 heavy (non-hydrogen) atoms. The van der Waals surface area contributed by atoms with E-state index in [1.54, 1.807) is 20.3 Å². The van der Waals surface area contributed by atoms with Crippen LogP contribution in [-0.4, -0.2) is 25.9 Å². The van der Waals surface area contributed by atoms with Crippen molar-refractivity contribution in [3.63, 3.8) is 0 Å². The highest BCUT2D eigenvalue weighted by molar-refractivity contribution is 5.46. The fraction of sp³-hybridized carbons (Fsp3) is 0.294. The molecule has 0 saturated heterocycles. The Morgan fingerprint density at radius 1 is 1.14 bits per heavy atom. The van der Waals surface area contributed by atoms with Crippen molar-refractivity contribution in [3.05, 3.63) is 53.6 Å². The summed E-state index contributed by atoms with van der Waals surface area (Å²) < 4.78 is 16.2. The molecule has 0 fully saturated rings. The van der Waals surface area contributed by atoms with Crippen LogP contribution in [0.1, 0.15) is 23.1 Å². The molecule has 0 bridgehead atoms. The van der Waals surface area contributed by atoms with E-state index >= 15 is 0 Å². The zero-order valence-corrected chi connectivity index (χ0v) is 12.1. The molecular weight excluding hydrogens is 268 g/mol. The molecular formula is C17H18O4. The number of fused-ring (bicyclic) bond motifs is 1. The summed E-state index contributed by atoms with van der Waals surface area (Å²) >= 11 is 0. The van der Waals surface area contributed by atoms with Gasteiger partial charge in [0.05, 0.1) is 32.8 Å². The smallest absolute Gasteiger partial charge is 0.128 e. The number of aliphatic hydroxyl groups is 1. The molecule has 2 unspecified atom stereocenters. The van der Waals surface area contributed by atoms with Crippen molar-refractivity contribution < 1.29 is 19.3 Å². The number of ether oxygens (including phenoxy) is 3. The number of aliphatic hydroxyl groups excluding tert-OH is 1. The van der Waals surface area contributed by atoms with Gasteiger partial charge in [-0.25, -0.2) is 0 Å². The largest absolute Gasteiger partial charge is 0.497 e. The Kier molecular flexibility index (Phi) is 3.71. The van der Waals surface area contributed by atoms with Crippen LogP contribution < -0.4 is 14.2 Å². The number of rotatable bonds is 4. The van der Waals surface area contributed by atoms with Crippen LogP contribution in [0.5, 0.6) is 17.2 Å². The average Bonchev–Trinajstić information content (AvgIpc) is 2.97. The van der Waals surface area contributed by atoms with Gasteiger partial charge in [0.25, 0.3) is 0 Å². The molecule has 4 heteroatoms. The maximum Gasteiger partial charge on any atom is 0.128 e. The van der Waals surface area contributed by atoms with E-state index < -0.39 is 6.10 Å². The third-order valence-corrected chi connectivity index (χ3v) is 3.88. The summed E-state index contributed by atoms with van der Waals surface area (Å²) in [5.41, 5.74) is 1.77. The molecule has 110 valence electrons. The zero-order valence-electron chi connectivity index (χ0n) is 12.1. The molecule has 2 aromatic carbocycles. The van der Waals surface area contributed by atoms with Crippen LogP contribution in [0.2, 0.25) is 0 Å². The summed E-state index contributed by atoms with van der Waals surface area (Å²) in [6.07, 6.45) is -0.686. The normalized spacial score (nSPS) is 17.8. The summed E-state index contributed by atoms with van der Waals surface area (Å²) in [5, 5.41) is 10.7. The molecule has 0 aliphatic carbocycles. The topological polar surface area (TPSA) is 47.9 Å². The number of hydrogen-bond donors (Lipinski definition) is 1. The minimum atomic E-state index is -0.686. The van der Waals surface area contributed by atoms with Crippen LogP contribution in [0, 0.1) is 0 Å². The predicted molar refractivity (Wildman–Crippen MR) is 79.2 cm³/mol. The lowest BCUT2D eigenvalue weighted by atomic mass is 9.90. The Bertz CT molecular complexity index is 638. The van der Waals surface area contributed by atoms with Crippen molar-refractivity contribution >= 4 is 0 Å². The quantitative estimate of drug-likeness (QED) is 0.939. The molecule has 2 atom stereocenters. The monoisotopic (exact) mass is 286 g/mol. The van der Waals surface area contributed by atoms with E-state index in [0.29, 0.717) is 18.1 Å². The Balaban J connectivity index is 1.94. The molecule has 4 nitrogen and oxygen atoms in total. The van der Waals surface area contributed by atoms with Crippen LogP contribution in [0.15, 0.2) is 42.5 Å². The van der Waals surface area contributed by atoms with Gasteiger partial charge in [-0.2, -0.15) is 0 Å². The van der Waals surface area contributed by atoms with E-state index in [1.807, 2.05) is 36.4 Å². The van der Waals surface area contributed by atoms with E-state index in [4.69, 9.17) is 14.2 Å². The standard InChI is InChI=1S/C17H18O4/c1-19-11-7-8-13(16(9-11)20-2)17(18)14-10-21-15-6-4-3-5-12(14)15/h3-9,14,17-18H,10H2,1-2H3. The Labute approximate surface area is 123 Å². The van der Waals surface area contributed by atoms with Crippen molar-refractivity contribution in [2.45, 2.75) is 12.0 Å². The summed E-state index contributed by atoms with van der Waals surface area (Å²) in [6.45, 7) is 0.468. The number of benzene rings is 2. The highest BCUT2D eigenvalue weighted by Crippen LogP contribution is 2.43. The zero-order chi connectivity index (χ0) is 14.8. The van der Waals surface area contributed by atoms with Gasteiger partial charge in [0, 0.05) is 17.2 Å². The van der Waals surface area contributed by atoms with Crippen LogP contribution in [0.25, 0.3) is 0 Å². The van der Waals surface area contributed by atoms with Gasteiger partial charge in [0.1, 0.15) is 17.2 Å². The van der Waals surface area contributed by atoms with Gasteiger partial charge in [0.15, 0.2) is 0 Å². The molecule has 2 aromatic rings. The number of hydrogen-bond acceptors (Lipinski definition) is 4. The average molecular weight is 286 g/mol. The summed E-state index contributed by atoms with van der Waals surface area (Å²) in [4.78, 5) is 0. The molecule has 0 aromatic heterocycles. The fourth-order valence-electron chi connectivity index (χ4n) is 2.73. The van der Waals surface area contributed by atoms with Crippen molar-refractivity contribution in [2.24, 2.45) is 0 Å². The van der Waals surface area contributed by atoms with Crippen LogP contribution >= 0.6 is 0 Å². The van der Waals surface area contributed by atoms with Crippen molar-refractivity contribution in [2.75, 3.05) is 20.8 Å². The summed E-state index contributed by atoms with van der Waals surface area (Å²) in [7, 11) is 3.19. The molecule has 1 aliphatic heterocycles. The van der Waals surface area contributed by atoms with E-state index in [0.717, 1.165) is 16.9 Å². The minimum Gasteiger partial charge on any atom is -0.497 e. The molecule has 0 radical (unpaired) electrons. The number of para-hydroxylation sites is 1. The van der Waals surface area contributed by atoms with Crippen LogP contribution in [-0.2, 0) is 0 Å². The van der Waals surface area contributed by atoms with Gasteiger partial charge in [0.2, 0.25) is 0 Å². The molecule has 0 spiro atoms. The highest BCUT2D eigenvalue weighted by atomic mass is 16.5.